The van der Waals surface area contributed by atoms with Crippen LogP contribution in [0.4, 0.5) is 5.69 Å². The number of carbonyl (C=O) groups excluding carboxylic acids is 1. The van der Waals surface area contributed by atoms with Gasteiger partial charge in [-0.2, -0.15) is 5.10 Å². The van der Waals surface area contributed by atoms with E-state index in [9.17, 15) is 4.79 Å². The molecule has 1 heterocycles. The van der Waals surface area contributed by atoms with Gasteiger partial charge in [-0.15, -0.1) is 0 Å². The molecule has 1 aromatic heterocycles. The van der Waals surface area contributed by atoms with Crippen LogP contribution in [0.25, 0.3) is 0 Å². The Morgan fingerprint density at radius 2 is 2.26 bits per heavy atom. The van der Waals surface area contributed by atoms with Gasteiger partial charge in [-0.05, 0) is 23.8 Å². The molecule has 0 aliphatic heterocycles. The van der Waals surface area contributed by atoms with Crippen molar-refractivity contribution >= 4 is 11.6 Å². The van der Waals surface area contributed by atoms with Crippen LogP contribution >= 0.6 is 0 Å². The minimum atomic E-state index is -0.172. The number of nitrogens with two attached hydrogens (primary N) is 1. The van der Waals surface area contributed by atoms with Crippen molar-refractivity contribution in [3.63, 3.8) is 0 Å². The van der Waals surface area contributed by atoms with E-state index in [0.29, 0.717) is 23.7 Å². The number of aromatic nitrogens is 2. The maximum Gasteiger partial charge on any atom is 0.269 e. The standard InChI is InChI=1S/C13H16N4O2/c1-17-11(5-6-16-17)13(18)15-8-9-3-4-12(19-2)10(14)7-9/h3-7H,8,14H2,1-2H3,(H,15,18). The minimum absolute atomic E-state index is 0.172. The number of anilines is 1. The van der Waals surface area contributed by atoms with E-state index in [1.165, 1.54) is 4.68 Å². The lowest BCUT2D eigenvalue weighted by Crippen LogP contribution is -2.25. The summed E-state index contributed by atoms with van der Waals surface area (Å²) >= 11 is 0. The molecule has 0 saturated heterocycles. The first-order valence-electron chi connectivity index (χ1n) is 5.80. The Morgan fingerprint density at radius 3 is 2.84 bits per heavy atom. The summed E-state index contributed by atoms with van der Waals surface area (Å²) in [6.45, 7) is 0.401. The fourth-order valence-corrected chi connectivity index (χ4v) is 1.76. The van der Waals surface area contributed by atoms with Crippen LogP contribution in [0.3, 0.4) is 0 Å². The molecule has 0 radical (unpaired) electrons. The van der Waals surface area contributed by atoms with Gasteiger partial charge in [-0.25, -0.2) is 0 Å². The molecule has 0 aliphatic rings. The number of benzene rings is 1. The van der Waals surface area contributed by atoms with E-state index >= 15 is 0 Å². The molecule has 2 aromatic rings. The molecule has 0 saturated carbocycles. The summed E-state index contributed by atoms with van der Waals surface area (Å²) in [5.41, 5.74) is 7.78. The predicted molar refractivity (Wildman–Crippen MR) is 71.8 cm³/mol. The van der Waals surface area contributed by atoms with Crippen molar-refractivity contribution in [2.45, 2.75) is 6.54 Å². The van der Waals surface area contributed by atoms with Crippen molar-refractivity contribution in [3.05, 3.63) is 41.7 Å². The number of nitrogens with zero attached hydrogens (tertiary/aromatic N) is 2. The van der Waals surface area contributed by atoms with E-state index in [1.54, 1.807) is 38.6 Å². The van der Waals surface area contributed by atoms with Gasteiger partial charge >= 0.3 is 0 Å². The molecular formula is C13H16N4O2. The molecule has 0 aliphatic carbocycles. The largest absolute Gasteiger partial charge is 0.495 e. The molecule has 6 nitrogen and oxygen atoms in total. The zero-order valence-corrected chi connectivity index (χ0v) is 10.9. The van der Waals surface area contributed by atoms with Crippen molar-refractivity contribution in [1.29, 1.82) is 0 Å². The molecular weight excluding hydrogens is 244 g/mol. The number of hydrogen-bond acceptors (Lipinski definition) is 4. The Labute approximate surface area is 111 Å². The van der Waals surface area contributed by atoms with E-state index in [-0.39, 0.29) is 5.91 Å². The van der Waals surface area contributed by atoms with Gasteiger partial charge in [0, 0.05) is 19.8 Å². The van der Waals surface area contributed by atoms with Gasteiger partial charge in [0.05, 0.1) is 12.8 Å². The SMILES string of the molecule is COc1ccc(CNC(=O)c2ccnn2C)cc1N. The van der Waals surface area contributed by atoms with Crippen molar-refractivity contribution in [3.8, 4) is 5.75 Å². The van der Waals surface area contributed by atoms with Gasteiger partial charge in [-0.1, -0.05) is 6.07 Å². The van der Waals surface area contributed by atoms with Gasteiger partial charge in [0.15, 0.2) is 0 Å². The van der Waals surface area contributed by atoms with Gasteiger partial charge in [-0.3, -0.25) is 9.48 Å². The number of ether oxygens (including phenoxy) is 1. The van der Waals surface area contributed by atoms with Crippen LogP contribution in [0.15, 0.2) is 30.5 Å². The third kappa shape index (κ3) is 2.85. The van der Waals surface area contributed by atoms with Gasteiger partial charge in [0.1, 0.15) is 11.4 Å². The number of nitrogen functional groups attached to an aromatic ring is 1. The van der Waals surface area contributed by atoms with Gasteiger partial charge in [0.25, 0.3) is 5.91 Å². The molecule has 19 heavy (non-hydrogen) atoms. The second-order valence-electron chi connectivity index (χ2n) is 4.10. The van der Waals surface area contributed by atoms with Crippen molar-refractivity contribution in [2.24, 2.45) is 7.05 Å². The van der Waals surface area contributed by atoms with Crippen LogP contribution in [0.2, 0.25) is 0 Å². The van der Waals surface area contributed by atoms with E-state index < -0.39 is 0 Å². The number of amides is 1. The number of carbonyl (C=O) groups is 1. The van der Waals surface area contributed by atoms with E-state index in [0.717, 1.165) is 5.56 Å². The summed E-state index contributed by atoms with van der Waals surface area (Å²) in [5.74, 6) is 0.455. The number of rotatable bonds is 4. The molecule has 1 aromatic carbocycles. The first kappa shape index (κ1) is 12.9. The highest BCUT2D eigenvalue weighted by molar-refractivity contribution is 5.92. The van der Waals surface area contributed by atoms with E-state index in [4.69, 9.17) is 10.5 Å². The van der Waals surface area contributed by atoms with Gasteiger partial charge in [0.2, 0.25) is 0 Å². The molecule has 2 rings (SSSR count). The average molecular weight is 260 g/mol. The van der Waals surface area contributed by atoms with Crippen LogP contribution in [0, 0.1) is 0 Å². The summed E-state index contributed by atoms with van der Waals surface area (Å²) in [6.07, 6.45) is 1.58. The zero-order valence-electron chi connectivity index (χ0n) is 10.9. The highest BCUT2D eigenvalue weighted by Gasteiger charge is 2.09. The van der Waals surface area contributed by atoms with E-state index in [1.807, 2.05) is 6.07 Å². The Morgan fingerprint density at radius 1 is 1.47 bits per heavy atom. The number of hydrogen-bond donors (Lipinski definition) is 2. The molecule has 1 amide bonds. The van der Waals surface area contributed by atoms with Crippen LogP contribution in [0.5, 0.6) is 5.75 Å². The lowest BCUT2D eigenvalue weighted by molar-refractivity contribution is 0.0941. The molecule has 0 atom stereocenters. The lowest BCUT2D eigenvalue weighted by atomic mass is 10.2. The van der Waals surface area contributed by atoms with Crippen molar-refractivity contribution in [2.75, 3.05) is 12.8 Å². The van der Waals surface area contributed by atoms with Gasteiger partial charge < -0.3 is 15.8 Å². The number of methoxy groups -OCH3 is 1. The second-order valence-corrected chi connectivity index (χ2v) is 4.10. The Balaban J connectivity index is 2.01. The van der Waals surface area contributed by atoms with E-state index in [2.05, 4.69) is 10.4 Å². The number of nitrogens with one attached hydrogen (secondary N) is 1. The van der Waals surface area contributed by atoms with Crippen LogP contribution < -0.4 is 15.8 Å². The molecule has 100 valence electrons. The third-order valence-electron chi connectivity index (χ3n) is 2.80. The summed E-state index contributed by atoms with van der Waals surface area (Å²) < 4.78 is 6.60. The Kier molecular flexibility index (Phi) is 3.70. The normalized spacial score (nSPS) is 10.2. The molecule has 3 N–H and O–H groups in total. The monoisotopic (exact) mass is 260 g/mol. The highest BCUT2D eigenvalue weighted by Crippen LogP contribution is 2.21. The first-order valence-corrected chi connectivity index (χ1v) is 5.80. The van der Waals surface area contributed by atoms with Crippen LogP contribution in [-0.4, -0.2) is 22.8 Å². The summed E-state index contributed by atoms with van der Waals surface area (Å²) in [4.78, 5) is 11.9. The third-order valence-corrected chi connectivity index (χ3v) is 2.80. The Hall–Kier alpha value is -2.50. The fraction of sp³-hybridized carbons (Fsp3) is 0.231. The molecule has 0 spiro atoms. The van der Waals surface area contributed by atoms with Crippen LogP contribution in [0.1, 0.15) is 16.1 Å². The quantitative estimate of drug-likeness (QED) is 0.801. The number of aryl methyl sites for hydroxylation is 1. The summed E-state index contributed by atoms with van der Waals surface area (Å²) in [6, 6.07) is 7.08. The molecule has 0 unspecified atom stereocenters. The van der Waals surface area contributed by atoms with Crippen molar-refractivity contribution in [1.82, 2.24) is 15.1 Å². The predicted octanol–water partition coefficient (Wildman–Crippen LogP) is 0.941. The minimum Gasteiger partial charge on any atom is -0.495 e. The maximum absolute atomic E-state index is 11.9. The average Bonchev–Trinajstić information content (AvgIpc) is 2.82. The molecule has 0 fully saturated rings. The lowest BCUT2D eigenvalue weighted by Gasteiger charge is -2.08. The summed E-state index contributed by atoms with van der Waals surface area (Å²) in [7, 11) is 3.29. The second kappa shape index (κ2) is 5.43. The maximum atomic E-state index is 11.9. The zero-order chi connectivity index (χ0) is 13.8. The first-order chi connectivity index (χ1) is 9.11. The summed E-state index contributed by atoms with van der Waals surface area (Å²) in [5, 5.41) is 6.76. The Bertz CT molecular complexity index is 592. The molecule has 6 heteroatoms. The highest BCUT2D eigenvalue weighted by atomic mass is 16.5. The van der Waals surface area contributed by atoms with Crippen molar-refractivity contribution < 1.29 is 9.53 Å². The smallest absolute Gasteiger partial charge is 0.269 e. The fourth-order valence-electron chi connectivity index (χ4n) is 1.76. The van der Waals surface area contributed by atoms with Crippen LogP contribution in [-0.2, 0) is 13.6 Å². The topological polar surface area (TPSA) is 82.2 Å². The molecule has 0 bridgehead atoms.